The molecule has 0 spiro atoms. The topological polar surface area (TPSA) is 136 Å². The van der Waals surface area contributed by atoms with E-state index < -0.39 is 28.1 Å². The summed E-state index contributed by atoms with van der Waals surface area (Å²) in [5.74, 6) is -1.65. The number of carbonyl (C=O) groups excluding carboxylic acids is 2. The van der Waals surface area contributed by atoms with Gasteiger partial charge in [-0.15, -0.1) is 5.11 Å². The summed E-state index contributed by atoms with van der Waals surface area (Å²) in [7, 11) is 0.221. The number of aromatic nitrogens is 2. The molecule has 1 fully saturated rings. The molecule has 0 saturated carbocycles. The first-order valence-electron chi connectivity index (χ1n) is 9.64. The Bertz CT molecular complexity index is 909. The van der Waals surface area contributed by atoms with E-state index >= 15 is 0 Å². The van der Waals surface area contributed by atoms with Gasteiger partial charge >= 0.3 is 10.2 Å². The first-order chi connectivity index (χ1) is 14.3. The first kappa shape index (κ1) is 22.3. The highest BCUT2D eigenvalue weighted by atomic mass is 32.2. The Labute approximate surface area is 175 Å². The van der Waals surface area contributed by atoms with Crippen LogP contribution in [-0.2, 0) is 49.2 Å². The summed E-state index contributed by atoms with van der Waals surface area (Å²) in [5, 5.41) is 7.95. The summed E-state index contributed by atoms with van der Waals surface area (Å²) < 4.78 is 38.3. The van der Waals surface area contributed by atoms with Crippen LogP contribution in [0.3, 0.4) is 0 Å². The molecule has 1 saturated heterocycles. The fourth-order valence-corrected chi connectivity index (χ4v) is 5.00. The average Bonchev–Trinajstić information content (AvgIpc) is 3.03. The fraction of sp³-hybridized carbons (Fsp3) is 0.706. The molecule has 0 bridgehead atoms. The molecule has 13 heteroatoms. The van der Waals surface area contributed by atoms with Crippen molar-refractivity contribution in [3.05, 3.63) is 11.4 Å². The maximum absolute atomic E-state index is 12.8. The van der Waals surface area contributed by atoms with E-state index in [1.807, 2.05) is 0 Å². The third-order valence-corrected chi connectivity index (χ3v) is 6.97. The lowest BCUT2D eigenvalue weighted by molar-refractivity contribution is -0.141. The average molecular weight is 442 g/mol. The van der Waals surface area contributed by atoms with Crippen LogP contribution in [0.4, 0.5) is 5.95 Å². The summed E-state index contributed by atoms with van der Waals surface area (Å²) >= 11 is 0. The van der Waals surface area contributed by atoms with E-state index in [1.54, 1.807) is 11.6 Å². The minimum atomic E-state index is -4.35. The normalized spacial score (nSPS) is 19.7. The minimum Gasteiger partial charge on any atom is -0.383 e. The van der Waals surface area contributed by atoms with Crippen LogP contribution in [0, 0.1) is 0 Å². The van der Waals surface area contributed by atoms with E-state index in [1.165, 1.54) is 14.2 Å². The maximum Gasteiger partial charge on any atom is 0.331 e. The zero-order chi connectivity index (χ0) is 21.9. The zero-order valence-corrected chi connectivity index (χ0v) is 18.1. The smallest absolute Gasteiger partial charge is 0.331 e. The van der Waals surface area contributed by atoms with Crippen molar-refractivity contribution < 1.29 is 27.5 Å². The number of ether oxygens (including phenoxy) is 2. The van der Waals surface area contributed by atoms with E-state index in [0.717, 1.165) is 37.1 Å². The van der Waals surface area contributed by atoms with Crippen molar-refractivity contribution >= 4 is 28.0 Å². The monoisotopic (exact) mass is 442 g/mol. The van der Waals surface area contributed by atoms with Crippen LogP contribution in [0.25, 0.3) is 0 Å². The third-order valence-electron chi connectivity index (χ3n) is 5.13. The third kappa shape index (κ3) is 4.09. The highest BCUT2D eigenvalue weighted by Gasteiger charge is 2.50. The molecule has 0 radical (unpaired) electrons. The van der Waals surface area contributed by atoms with Gasteiger partial charge in [-0.05, 0) is 25.7 Å². The van der Waals surface area contributed by atoms with Gasteiger partial charge in [0.1, 0.15) is 0 Å². The van der Waals surface area contributed by atoms with Crippen molar-refractivity contribution in [2.24, 2.45) is 17.3 Å². The number of rotatable bonds is 8. The number of carbonyl (C=O) groups is 2. The standard InChI is InChI=1S/C17H26N6O6S/c1-21-13-7-5-4-6-12(13)18-17(21)20-19-14-15(24)22(8-10-28-2)30(26,27)23(16(14)25)9-11-29-3/h14H,4-11H2,1-3H3. The van der Waals surface area contributed by atoms with E-state index in [-0.39, 0.29) is 32.3 Å². The largest absolute Gasteiger partial charge is 0.383 e. The maximum atomic E-state index is 12.8. The van der Waals surface area contributed by atoms with Gasteiger partial charge in [0.25, 0.3) is 11.8 Å². The first-order valence-corrected chi connectivity index (χ1v) is 11.0. The molecule has 1 aromatic rings. The van der Waals surface area contributed by atoms with Crippen LogP contribution in [0.15, 0.2) is 10.2 Å². The van der Waals surface area contributed by atoms with Crippen LogP contribution in [0.1, 0.15) is 24.2 Å². The second-order valence-corrected chi connectivity index (χ2v) is 8.78. The SMILES string of the molecule is COCCN1C(=O)C(N=Nc2nc3c(n2C)CCCC3)C(=O)N(CCOC)S1(=O)=O. The summed E-state index contributed by atoms with van der Waals surface area (Å²) in [6.45, 7) is -0.519. The molecule has 2 aliphatic rings. The van der Waals surface area contributed by atoms with Gasteiger partial charge in [-0.2, -0.15) is 13.5 Å². The van der Waals surface area contributed by atoms with Crippen molar-refractivity contribution in [3.63, 3.8) is 0 Å². The number of methoxy groups -OCH3 is 2. The number of fused-ring (bicyclic) bond motifs is 1. The predicted octanol–water partition coefficient (Wildman–Crippen LogP) is -0.0404. The van der Waals surface area contributed by atoms with E-state index in [2.05, 4.69) is 15.2 Å². The van der Waals surface area contributed by atoms with Crippen LogP contribution >= 0.6 is 0 Å². The van der Waals surface area contributed by atoms with Gasteiger partial charge in [0.05, 0.1) is 32.0 Å². The quantitative estimate of drug-likeness (QED) is 0.407. The van der Waals surface area contributed by atoms with Gasteiger partial charge in [0.15, 0.2) is 0 Å². The van der Waals surface area contributed by atoms with Crippen LogP contribution in [0.2, 0.25) is 0 Å². The molecule has 12 nitrogen and oxygen atoms in total. The number of aryl methyl sites for hydroxylation is 1. The minimum absolute atomic E-state index is 0.0206. The molecule has 1 aliphatic heterocycles. The lowest BCUT2D eigenvalue weighted by Crippen LogP contribution is -2.62. The Morgan fingerprint density at radius 1 is 1.03 bits per heavy atom. The van der Waals surface area contributed by atoms with Gasteiger partial charge in [0.2, 0.25) is 12.0 Å². The number of hydrogen-bond donors (Lipinski definition) is 0. The second-order valence-electron chi connectivity index (χ2n) is 7.00. The van der Waals surface area contributed by atoms with Crippen LogP contribution in [0.5, 0.6) is 0 Å². The molecule has 166 valence electrons. The van der Waals surface area contributed by atoms with Gasteiger partial charge in [-0.1, -0.05) is 0 Å². The second kappa shape index (κ2) is 9.18. The molecular weight excluding hydrogens is 416 g/mol. The van der Waals surface area contributed by atoms with Gasteiger partial charge < -0.3 is 14.0 Å². The van der Waals surface area contributed by atoms with Crippen molar-refractivity contribution in [2.75, 3.05) is 40.5 Å². The Morgan fingerprint density at radius 3 is 2.13 bits per heavy atom. The van der Waals surface area contributed by atoms with Crippen LogP contribution in [-0.4, -0.2) is 85.0 Å². The fourth-order valence-electron chi connectivity index (χ4n) is 3.49. The van der Waals surface area contributed by atoms with E-state index in [4.69, 9.17) is 9.47 Å². The summed E-state index contributed by atoms with van der Waals surface area (Å²) in [6, 6.07) is -1.61. The molecule has 2 heterocycles. The lowest BCUT2D eigenvalue weighted by Gasteiger charge is -2.36. The van der Waals surface area contributed by atoms with Crippen molar-refractivity contribution in [1.29, 1.82) is 0 Å². The van der Waals surface area contributed by atoms with Crippen molar-refractivity contribution in [1.82, 2.24) is 18.2 Å². The number of hydrogen-bond acceptors (Lipinski definition) is 9. The van der Waals surface area contributed by atoms with E-state index in [9.17, 15) is 18.0 Å². The molecular formula is C17H26N6O6S. The molecule has 1 aromatic heterocycles. The molecule has 0 atom stereocenters. The Hall–Kier alpha value is -2.38. The Kier molecular flexibility index (Phi) is 6.83. The van der Waals surface area contributed by atoms with Gasteiger partial charge in [-0.25, -0.2) is 13.6 Å². The van der Waals surface area contributed by atoms with Crippen molar-refractivity contribution in [3.8, 4) is 0 Å². The molecule has 3 rings (SSSR count). The number of imidazole rings is 1. The molecule has 0 N–H and O–H groups in total. The number of amides is 2. The highest BCUT2D eigenvalue weighted by Crippen LogP contribution is 2.26. The number of azo groups is 1. The molecule has 30 heavy (non-hydrogen) atoms. The lowest BCUT2D eigenvalue weighted by atomic mass is 10.0. The predicted molar refractivity (Wildman–Crippen MR) is 104 cm³/mol. The van der Waals surface area contributed by atoms with Gasteiger partial charge in [0, 0.05) is 27.0 Å². The zero-order valence-electron chi connectivity index (χ0n) is 17.3. The Balaban J connectivity index is 1.92. The Morgan fingerprint density at radius 2 is 1.60 bits per heavy atom. The number of nitrogens with zero attached hydrogens (tertiary/aromatic N) is 6. The van der Waals surface area contributed by atoms with E-state index in [0.29, 0.717) is 8.61 Å². The van der Waals surface area contributed by atoms with Crippen LogP contribution < -0.4 is 0 Å². The molecule has 2 amide bonds. The summed E-state index contributed by atoms with van der Waals surface area (Å²) in [6.07, 6.45) is 3.82. The highest BCUT2D eigenvalue weighted by molar-refractivity contribution is 7.88. The molecule has 0 unspecified atom stereocenters. The van der Waals surface area contributed by atoms with Gasteiger partial charge in [-0.3, -0.25) is 9.59 Å². The molecule has 0 aromatic carbocycles. The summed E-state index contributed by atoms with van der Waals surface area (Å²) in [5.41, 5.74) is 1.99. The molecule has 1 aliphatic carbocycles. The summed E-state index contributed by atoms with van der Waals surface area (Å²) in [4.78, 5) is 30.1. The van der Waals surface area contributed by atoms with Crippen molar-refractivity contribution in [2.45, 2.75) is 31.7 Å².